The molecular formula is C10H14N4S2. The van der Waals surface area contributed by atoms with Crippen LogP contribution in [0.2, 0.25) is 0 Å². The maximum absolute atomic E-state index is 5.60. The standard InChI is InChI=1S/C10H14N4S2/c1-2-14-9(6-11)12-13-10(14)16-7-8-4-3-5-15-8/h3-5H,2,6-7,11H2,1H3. The molecule has 86 valence electrons. The van der Waals surface area contributed by atoms with Gasteiger partial charge in [-0.15, -0.1) is 21.5 Å². The molecule has 0 radical (unpaired) electrons. The van der Waals surface area contributed by atoms with E-state index in [9.17, 15) is 0 Å². The smallest absolute Gasteiger partial charge is 0.191 e. The summed E-state index contributed by atoms with van der Waals surface area (Å²) in [5, 5.41) is 11.3. The number of hydrogen-bond acceptors (Lipinski definition) is 5. The van der Waals surface area contributed by atoms with Crippen molar-refractivity contribution < 1.29 is 0 Å². The summed E-state index contributed by atoms with van der Waals surface area (Å²) in [6.07, 6.45) is 0. The highest BCUT2D eigenvalue weighted by atomic mass is 32.2. The van der Waals surface area contributed by atoms with Crippen molar-refractivity contribution in [2.45, 2.75) is 30.9 Å². The maximum atomic E-state index is 5.60. The van der Waals surface area contributed by atoms with Crippen molar-refractivity contribution in [2.75, 3.05) is 0 Å². The minimum atomic E-state index is 0.445. The minimum Gasteiger partial charge on any atom is -0.324 e. The normalized spacial score (nSPS) is 10.9. The second-order valence-electron chi connectivity index (χ2n) is 3.22. The Hall–Kier alpha value is -0.850. The van der Waals surface area contributed by atoms with E-state index in [0.29, 0.717) is 6.54 Å². The first kappa shape index (κ1) is 11.6. The summed E-state index contributed by atoms with van der Waals surface area (Å²) in [6.45, 7) is 3.39. The Bertz CT molecular complexity index is 436. The van der Waals surface area contributed by atoms with Crippen LogP contribution >= 0.6 is 23.1 Å². The van der Waals surface area contributed by atoms with Gasteiger partial charge in [0.1, 0.15) is 5.82 Å². The Morgan fingerprint density at radius 2 is 2.38 bits per heavy atom. The lowest BCUT2D eigenvalue weighted by Crippen LogP contribution is -2.07. The molecule has 0 aliphatic heterocycles. The third-order valence-electron chi connectivity index (χ3n) is 2.22. The first-order valence-corrected chi connectivity index (χ1v) is 6.99. The lowest BCUT2D eigenvalue weighted by atomic mass is 10.5. The number of nitrogens with zero attached hydrogens (tertiary/aromatic N) is 3. The molecule has 0 fully saturated rings. The molecule has 4 nitrogen and oxygen atoms in total. The summed E-state index contributed by atoms with van der Waals surface area (Å²) in [6, 6.07) is 4.20. The fourth-order valence-corrected chi connectivity index (χ4v) is 3.22. The van der Waals surface area contributed by atoms with Crippen LogP contribution in [0, 0.1) is 0 Å². The van der Waals surface area contributed by atoms with Crippen LogP contribution in [-0.4, -0.2) is 14.8 Å². The number of rotatable bonds is 5. The van der Waals surface area contributed by atoms with Crippen LogP contribution in [0.3, 0.4) is 0 Å². The molecule has 0 atom stereocenters. The fraction of sp³-hybridized carbons (Fsp3) is 0.400. The summed E-state index contributed by atoms with van der Waals surface area (Å²) >= 11 is 3.47. The number of hydrogen-bond donors (Lipinski definition) is 1. The molecule has 0 saturated carbocycles. The van der Waals surface area contributed by atoms with Gasteiger partial charge in [0.05, 0.1) is 6.54 Å². The summed E-state index contributed by atoms with van der Waals surface area (Å²) < 4.78 is 2.07. The van der Waals surface area contributed by atoms with Crippen molar-refractivity contribution in [2.24, 2.45) is 5.73 Å². The van der Waals surface area contributed by atoms with Gasteiger partial charge in [-0.25, -0.2) is 0 Å². The van der Waals surface area contributed by atoms with Crippen LogP contribution < -0.4 is 5.73 Å². The van der Waals surface area contributed by atoms with Gasteiger partial charge in [-0.05, 0) is 18.4 Å². The number of thioether (sulfide) groups is 1. The Morgan fingerprint density at radius 1 is 1.50 bits per heavy atom. The number of nitrogens with two attached hydrogens (primary N) is 1. The summed E-state index contributed by atoms with van der Waals surface area (Å²) in [5.41, 5.74) is 5.60. The molecule has 0 unspecified atom stereocenters. The number of thiophene rings is 1. The van der Waals surface area contributed by atoms with Crippen LogP contribution in [0.15, 0.2) is 22.7 Å². The third-order valence-corrected chi connectivity index (χ3v) is 4.29. The van der Waals surface area contributed by atoms with Gasteiger partial charge in [0.15, 0.2) is 5.16 Å². The Morgan fingerprint density at radius 3 is 3.00 bits per heavy atom. The molecule has 0 amide bonds. The van der Waals surface area contributed by atoms with Crippen LogP contribution in [0.25, 0.3) is 0 Å². The molecule has 2 heterocycles. The average molecular weight is 254 g/mol. The fourth-order valence-electron chi connectivity index (χ4n) is 1.42. The quantitative estimate of drug-likeness (QED) is 0.830. The molecule has 2 aromatic heterocycles. The third kappa shape index (κ3) is 2.45. The highest BCUT2D eigenvalue weighted by molar-refractivity contribution is 7.98. The summed E-state index contributed by atoms with van der Waals surface area (Å²) in [7, 11) is 0. The zero-order chi connectivity index (χ0) is 11.4. The SMILES string of the molecule is CCn1c(CN)nnc1SCc1cccs1. The van der Waals surface area contributed by atoms with Gasteiger partial charge in [0.2, 0.25) is 0 Å². The molecule has 2 N–H and O–H groups in total. The molecule has 0 spiro atoms. The second kappa shape index (κ2) is 5.47. The van der Waals surface area contributed by atoms with E-state index in [0.717, 1.165) is 23.3 Å². The largest absolute Gasteiger partial charge is 0.324 e. The van der Waals surface area contributed by atoms with Crippen LogP contribution in [0.5, 0.6) is 0 Å². The van der Waals surface area contributed by atoms with Crippen molar-refractivity contribution in [3.63, 3.8) is 0 Å². The maximum Gasteiger partial charge on any atom is 0.191 e. The van der Waals surface area contributed by atoms with Gasteiger partial charge in [0, 0.05) is 17.2 Å². The zero-order valence-electron chi connectivity index (χ0n) is 9.09. The molecule has 2 aromatic rings. The summed E-state index contributed by atoms with van der Waals surface area (Å²) in [5.74, 6) is 1.80. The first-order valence-electron chi connectivity index (χ1n) is 5.12. The van der Waals surface area contributed by atoms with Gasteiger partial charge in [-0.2, -0.15) is 0 Å². The van der Waals surface area contributed by atoms with Crippen molar-refractivity contribution in [1.29, 1.82) is 0 Å². The highest BCUT2D eigenvalue weighted by Crippen LogP contribution is 2.24. The van der Waals surface area contributed by atoms with E-state index < -0.39 is 0 Å². The summed E-state index contributed by atoms with van der Waals surface area (Å²) in [4.78, 5) is 1.35. The van der Waals surface area contributed by atoms with E-state index in [4.69, 9.17) is 5.73 Å². The van der Waals surface area contributed by atoms with E-state index >= 15 is 0 Å². The second-order valence-corrected chi connectivity index (χ2v) is 5.19. The van der Waals surface area contributed by atoms with Crippen molar-refractivity contribution in [3.05, 3.63) is 28.2 Å². The molecule has 0 saturated heterocycles. The van der Waals surface area contributed by atoms with Gasteiger partial charge < -0.3 is 10.3 Å². The molecule has 6 heteroatoms. The molecular weight excluding hydrogens is 240 g/mol. The molecule has 2 rings (SSSR count). The Kier molecular flexibility index (Phi) is 3.98. The van der Waals surface area contributed by atoms with Crippen LogP contribution in [0.4, 0.5) is 0 Å². The van der Waals surface area contributed by atoms with Crippen molar-refractivity contribution >= 4 is 23.1 Å². The molecule has 0 aliphatic rings. The minimum absolute atomic E-state index is 0.445. The first-order chi connectivity index (χ1) is 7.85. The van der Waals surface area contributed by atoms with Crippen molar-refractivity contribution in [1.82, 2.24) is 14.8 Å². The molecule has 16 heavy (non-hydrogen) atoms. The zero-order valence-corrected chi connectivity index (χ0v) is 10.7. The van der Waals surface area contributed by atoms with Gasteiger partial charge in [-0.1, -0.05) is 17.8 Å². The highest BCUT2D eigenvalue weighted by Gasteiger charge is 2.09. The van der Waals surface area contributed by atoms with Crippen molar-refractivity contribution in [3.8, 4) is 0 Å². The van der Waals surface area contributed by atoms with E-state index in [-0.39, 0.29) is 0 Å². The van der Waals surface area contributed by atoms with E-state index in [1.807, 2.05) is 0 Å². The van der Waals surface area contributed by atoms with Crippen LogP contribution in [0.1, 0.15) is 17.6 Å². The monoisotopic (exact) mass is 254 g/mol. The lowest BCUT2D eigenvalue weighted by Gasteiger charge is -2.04. The average Bonchev–Trinajstić information content (AvgIpc) is 2.94. The number of aromatic nitrogens is 3. The topological polar surface area (TPSA) is 56.7 Å². The molecule has 0 aliphatic carbocycles. The van der Waals surface area contributed by atoms with Gasteiger partial charge >= 0.3 is 0 Å². The lowest BCUT2D eigenvalue weighted by molar-refractivity contribution is 0.643. The van der Waals surface area contributed by atoms with E-state index in [1.165, 1.54) is 4.88 Å². The van der Waals surface area contributed by atoms with Gasteiger partial charge in [0.25, 0.3) is 0 Å². The Balaban J connectivity index is 2.06. The molecule has 0 aromatic carbocycles. The predicted octanol–water partition coefficient (Wildman–Crippen LogP) is 2.11. The van der Waals surface area contributed by atoms with E-state index in [1.54, 1.807) is 23.1 Å². The van der Waals surface area contributed by atoms with Crippen LogP contribution in [-0.2, 0) is 18.8 Å². The van der Waals surface area contributed by atoms with Gasteiger partial charge in [-0.3, -0.25) is 0 Å². The Labute approximate surface area is 103 Å². The predicted molar refractivity (Wildman–Crippen MR) is 67.5 cm³/mol. The molecule has 0 bridgehead atoms. The van der Waals surface area contributed by atoms with E-state index in [2.05, 4.69) is 39.2 Å².